The average Bonchev–Trinajstić information content (AvgIpc) is 2.84. The number of nitrogens with zero attached hydrogens (tertiary/aromatic N) is 1. The predicted octanol–water partition coefficient (Wildman–Crippen LogP) is 2.25. The second kappa shape index (κ2) is 4.57. The number of amides is 2. The molecular formula is C11H11Cl2NO4. The van der Waals surface area contributed by atoms with Crippen molar-refractivity contribution in [2.24, 2.45) is 0 Å². The van der Waals surface area contributed by atoms with Gasteiger partial charge in [0.2, 0.25) is 0 Å². The van der Waals surface area contributed by atoms with Gasteiger partial charge in [-0.05, 0) is 26.0 Å². The largest absolute Gasteiger partial charge is 0.466 e. The first kappa shape index (κ1) is 13.4. The summed E-state index contributed by atoms with van der Waals surface area (Å²) in [6.07, 6.45) is 0.473. The van der Waals surface area contributed by atoms with E-state index in [-0.39, 0.29) is 0 Å². The van der Waals surface area contributed by atoms with Crippen LogP contribution < -0.4 is 0 Å². The predicted molar refractivity (Wildman–Crippen MR) is 64.0 cm³/mol. The highest BCUT2D eigenvalue weighted by molar-refractivity contribution is 6.54. The standard InChI is InChI=1S/C11H11Cl2NO4/c1-11(2)14(10(16)8(12)13)9(15)7(18-11)6-4-3-5-17-6/h3-5,7-8H,1-2H3/t7-/m1/s1. The second-order valence-electron chi connectivity index (χ2n) is 4.27. The number of rotatable bonds is 2. The van der Waals surface area contributed by atoms with Crippen molar-refractivity contribution >= 4 is 35.0 Å². The Kier molecular flexibility index (Phi) is 3.40. The maximum absolute atomic E-state index is 12.2. The molecule has 1 aromatic rings. The van der Waals surface area contributed by atoms with E-state index in [1.165, 1.54) is 6.26 Å². The van der Waals surface area contributed by atoms with Crippen LogP contribution >= 0.6 is 23.2 Å². The minimum atomic E-state index is -1.31. The number of carbonyl (C=O) groups is 2. The molecule has 0 aromatic carbocycles. The number of hydrogen-bond acceptors (Lipinski definition) is 4. The Hall–Kier alpha value is -1.04. The van der Waals surface area contributed by atoms with E-state index in [9.17, 15) is 9.59 Å². The van der Waals surface area contributed by atoms with E-state index >= 15 is 0 Å². The summed E-state index contributed by atoms with van der Waals surface area (Å²) in [4.78, 5) is 23.6. The van der Waals surface area contributed by atoms with Gasteiger partial charge >= 0.3 is 0 Å². The van der Waals surface area contributed by atoms with E-state index in [1.807, 2.05) is 0 Å². The zero-order valence-electron chi connectivity index (χ0n) is 9.72. The lowest BCUT2D eigenvalue weighted by Gasteiger charge is -2.27. The number of alkyl halides is 2. The number of halogens is 2. The molecule has 1 fully saturated rings. The highest BCUT2D eigenvalue weighted by atomic mass is 35.5. The van der Waals surface area contributed by atoms with Crippen LogP contribution in [0.15, 0.2) is 22.8 Å². The number of hydrogen-bond donors (Lipinski definition) is 0. The molecule has 1 atom stereocenters. The van der Waals surface area contributed by atoms with Crippen LogP contribution in [0.5, 0.6) is 0 Å². The Bertz CT molecular complexity index is 469. The van der Waals surface area contributed by atoms with Gasteiger partial charge in [0.15, 0.2) is 10.9 Å². The van der Waals surface area contributed by atoms with Crippen LogP contribution in [-0.4, -0.2) is 27.3 Å². The summed E-state index contributed by atoms with van der Waals surface area (Å²) >= 11 is 11.0. The van der Waals surface area contributed by atoms with Crippen LogP contribution in [0.4, 0.5) is 0 Å². The van der Waals surface area contributed by atoms with Crippen LogP contribution in [0.2, 0.25) is 0 Å². The Labute approximate surface area is 114 Å². The maximum Gasteiger partial charge on any atom is 0.268 e. The third-order valence-electron chi connectivity index (χ3n) is 2.60. The fraction of sp³-hybridized carbons (Fsp3) is 0.455. The van der Waals surface area contributed by atoms with E-state index in [4.69, 9.17) is 32.4 Å². The molecule has 0 bridgehead atoms. The lowest BCUT2D eigenvalue weighted by Crippen LogP contribution is -2.48. The molecule has 0 saturated carbocycles. The molecule has 5 nitrogen and oxygen atoms in total. The topological polar surface area (TPSA) is 59.8 Å². The van der Waals surface area contributed by atoms with Crippen LogP contribution in [0.1, 0.15) is 25.7 Å². The summed E-state index contributed by atoms with van der Waals surface area (Å²) in [7, 11) is 0. The highest BCUT2D eigenvalue weighted by Gasteiger charge is 2.52. The van der Waals surface area contributed by atoms with E-state index in [2.05, 4.69) is 0 Å². The molecule has 1 saturated heterocycles. The lowest BCUT2D eigenvalue weighted by atomic mass is 10.2. The third-order valence-corrected chi connectivity index (χ3v) is 2.97. The first-order chi connectivity index (χ1) is 8.34. The number of ether oxygens (including phenoxy) is 1. The molecule has 0 aliphatic carbocycles. The molecule has 2 heterocycles. The smallest absolute Gasteiger partial charge is 0.268 e. The van der Waals surface area contributed by atoms with Gasteiger partial charge in [-0.2, -0.15) is 0 Å². The monoisotopic (exact) mass is 291 g/mol. The Morgan fingerprint density at radius 2 is 2.17 bits per heavy atom. The van der Waals surface area contributed by atoms with E-state index in [0.29, 0.717) is 5.76 Å². The summed E-state index contributed by atoms with van der Waals surface area (Å²) in [5.41, 5.74) is -1.12. The quantitative estimate of drug-likeness (QED) is 0.784. The molecule has 1 aromatic heterocycles. The van der Waals surface area contributed by atoms with Crippen molar-refractivity contribution in [3.63, 3.8) is 0 Å². The number of carbonyl (C=O) groups excluding carboxylic acids is 2. The summed E-state index contributed by atoms with van der Waals surface area (Å²) in [6.45, 7) is 3.17. The zero-order chi connectivity index (χ0) is 13.5. The van der Waals surface area contributed by atoms with Crippen molar-refractivity contribution in [3.8, 4) is 0 Å². The Balaban J connectivity index is 2.33. The average molecular weight is 292 g/mol. The molecule has 2 amide bonds. The summed E-state index contributed by atoms with van der Waals surface area (Å²) in [5.74, 6) is -0.905. The summed E-state index contributed by atoms with van der Waals surface area (Å²) < 4.78 is 10.7. The minimum Gasteiger partial charge on any atom is -0.466 e. The molecule has 0 N–H and O–H groups in total. The SMILES string of the molecule is CC1(C)O[C@H](c2ccco2)C(=O)N1C(=O)C(Cl)Cl. The van der Waals surface area contributed by atoms with E-state index in [1.54, 1.807) is 26.0 Å². The van der Waals surface area contributed by atoms with Gasteiger partial charge in [0.05, 0.1) is 6.26 Å². The second-order valence-corrected chi connectivity index (χ2v) is 5.37. The molecule has 2 rings (SSSR count). The van der Waals surface area contributed by atoms with Gasteiger partial charge in [0, 0.05) is 0 Å². The highest BCUT2D eigenvalue weighted by Crippen LogP contribution is 2.37. The van der Waals surface area contributed by atoms with E-state index < -0.39 is 28.5 Å². The molecule has 0 radical (unpaired) electrons. The van der Waals surface area contributed by atoms with Crippen molar-refractivity contribution in [1.82, 2.24) is 4.90 Å². The van der Waals surface area contributed by atoms with Crippen LogP contribution in [0.3, 0.4) is 0 Å². The van der Waals surface area contributed by atoms with Crippen molar-refractivity contribution in [2.75, 3.05) is 0 Å². The fourth-order valence-corrected chi connectivity index (χ4v) is 2.06. The molecule has 7 heteroatoms. The molecule has 1 aliphatic heterocycles. The van der Waals surface area contributed by atoms with Gasteiger partial charge in [-0.1, -0.05) is 23.2 Å². The van der Waals surface area contributed by atoms with Gasteiger partial charge in [0.25, 0.3) is 11.8 Å². The first-order valence-electron chi connectivity index (χ1n) is 5.22. The molecule has 98 valence electrons. The first-order valence-corrected chi connectivity index (χ1v) is 6.09. The minimum absolute atomic E-state index is 0.337. The van der Waals surface area contributed by atoms with Crippen LogP contribution in [-0.2, 0) is 14.3 Å². The Morgan fingerprint density at radius 1 is 1.50 bits per heavy atom. The lowest BCUT2D eigenvalue weighted by molar-refractivity contribution is -0.150. The number of imide groups is 1. The maximum atomic E-state index is 12.2. The van der Waals surface area contributed by atoms with Crippen molar-refractivity contribution < 1.29 is 18.7 Å². The van der Waals surface area contributed by atoms with Gasteiger partial charge < -0.3 is 9.15 Å². The third kappa shape index (κ3) is 2.13. The fourth-order valence-electron chi connectivity index (χ4n) is 1.87. The molecular weight excluding hydrogens is 281 g/mol. The molecule has 0 unspecified atom stereocenters. The van der Waals surface area contributed by atoms with Gasteiger partial charge in [-0.3, -0.25) is 9.59 Å². The Morgan fingerprint density at radius 3 is 2.67 bits per heavy atom. The van der Waals surface area contributed by atoms with Crippen LogP contribution in [0, 0.1) is 0 Å². The summed E-state index contributed by atoms with van der Waals surface area (Å²) in [5, 5.41) is 0. The number of furan rings is 1. The molecule has 0 spiro atoms. The van der Waals surface area contributed by atoms with Crippen molar-refractivity contribution in [1.29, 1.82) is 0 Å². The normalized spacial score (nSPS) is 22.8. The van der Waals surface area contributed by atoms with Gasteiger partial charge in [-0.15, -0.1) is 0 Å². The van der Waals surface area contributed by atoms with Gasteiger partial charge in [-0.25, -0.2) is 4.90 Å². The molecule has 1 aliphatic rings. The van der Waals surface area contributed by atoms with Crippen LogP contribution in [0.25, 0.3) is 0 Å². The van der Waals surface area contributed by atoms with Gasteiger partial charge in [0.1, 0.15) is 11.5 Å². The zero-order valence-corrected chi connectivity index (χ0v) is 11.2. The summed E-state index contributed by atoms with van der Waals surface area (Å²) in [6, 6.07) is 3.24. The van der Waals surface area contributed by atoms with Crippen molar-refractivity contribution in [2.45, 2.75) is 30.5 Å². The van der Waals surface area contributed by atoms with Crippen molar-refractivity contribution in [3.05, 3.63) is 24.2 Å². The van der Waals surface area contributed by atoms with E-state index in [0.717, 1.165) is 4.90 Å². The molecule has 18 heavy (non-hydrogen) atoms.